The van der Waals surface area contributed by atoms with Crippen LogP contribution < -0.4 is 20.8 Å². The van der Waals surface area contributed by atoms with Gasteiger partial charge in [-0.05, 0) is 24.6 Å². The van der Waals surface area contributed by atoms with Crippen molar-refractivity contribution in [3.05, 3.63) is 84.9 Å². The van der Waals surface area contributed by atoms with E-state index in [9.17, 15) is 10.2 Å². The standard InChI is InChI=1S/C20H20NO2P/c22-15-21(16-23)19-13-7-8-14-20(19)24(17-9-3-1-4-10-17)18-11-5-2-6-12-18/h1-14,22-23H,15-16H2. The molecule has 0 spiro atoms. The van der Waals surface area contributed by atoms with Gasteiger partial charge in [-0.3, -0.25) is 0 Å². The lowest BCUT2D eigenvalue weighted by Crippen LogP contribution is -2.32. The number of anilines is 1. The third-order valence-corrected chi connectivity index (χ3v) is 6.32. The van der Waals surface area contributed by atoms with E-state index in [0.29, 0.717) is 0 Å². The van der Waals surface area contributed by atoms with Gasteiger partial charge in [0.2, 0.25) is 0 Å². The van der Waals surface area contributed by atoms with E-state index in [-0.39, 0.29) is 13.5 Å². The zero-order valence-corrected chi connectivity index (χ0v) is 14.2. The lowest BCUT2D eigenvalue weighted by atomic mass is 10.3. The fourth-order valence-corrected chi connectivity index (χ4v) is 5.17. The molecule has 0 unspecified atom stereocenters. The van der Waals surface area contributed by atoms with Crippen LogP contribution in [0, 0.1) is 0 Å². The Kier molecular flexibility index (Phi) is 5.60. The maximum atomic E-state index is 9.60. The molecule has 0 aliphatic heterocycles. The molecule has 0 aliphatic rings. The maximum absolute atomic E-state index is 9.60. The van der Waals surface area contributed by atoms with Gasteiger partial charge in [0.15, 0.2) is 0 Å². The first-order chi connectivity index (χ1) is 11.8. The van der Waals surface area contributed by atoms with Gasteiger partial charge in [-0.25, -0.2) is 0 Å². The third-order valence-electron chi connectivity index (χ3n) is 3.83. The largest absolute Gasteiger partial charge is 0.376 e. The number of hydrogen-bond acceptors (Lipinski definition) is 3. The normalized spacial score (nSPS) is 10.8. The van der Waals surface area contributed by atoms with Gasteiger partial charge in [-0.2, -0.15) is 0 Å². The van der Waals surface area contributed by atoms with Gasteiger partial charge >= 0.3 is 0 Å². The zero-order chi connectivity index (χ0) is 16.8. The molecule has 4 heteroatoms. The van der Waals surface area contributed by atoms with Crippen LogP contribution in [0.3, 0.4) is 0 Å². The third kappa shape index (κ3) is 3.49. The topological polar surface area (TPSA) is 43.7 Å². The minimum absolute atomic E-state index is 0.222. The highest BCUT2D eigenvalue weighted by Gasteiger charge is 2.21. The van der Waals surface area contributed by atoms with Gasteiger partial charge in [0.25, 0.3) is 0 Å². The first kappa shape index (κ1) is 16.7. The summed E-state index contributed by atoms with van der Waals surface area (Å²) in [7, 11) is -0.775. The van der Waals surface area contributed by atoms with Crippen molar-refractivity contribution >= 4 is 29.5 Å². The van der Waals surface area contributed by atoms with Crippen LogP contribution in [0.4, 0.5) is 5.69 Å². The molecule has 3 aromatic carbocycles. The van der Waals surface area contributed by atoms with E-state index in [4.69, 9.17) is 0 Å². The summed E-state index contributed by atoms with van der Waals surface area (Å²) in [5, 5.41) is 22.8. The molecular weight excluding hydrogens is 317 g/mol. The van der Waals surface area contributed by atoms with Crippen molar-refractivity contribution in [2.45, 2.75) is 0 Å². The number of para-hydroxylation sites is 1. The highest BCUT2D eigenvalue weighted by Crippen LogP contribution is 2.36. The molecule has 0 aliphatic carbocycles. The van der Waals surface area contributed by atoms with Crippen molar-refractivity contribution in [1.29, 1.82) is 0 Å². The van der Waals surface area contributed by atoms with Gasteiger partial charge in [-0.1, -0.05) is 78.9 Å². The van der Waals surface area contributed by atoms with Gasteiger partial charge in [-0.15, -0.1) is 0 Å². The van der Waals surface area contributed by atoms with Gasteiger partial charge in [0, 0.05) is 11.0 Å². The Morgan fingerprint density at radius 3 is 1.58 bits per heavy atom. The number of nitrogens with zero attached hydrogens (tertiary/aromatic N) is 1. The number of aliphatic hydroxyl groups excluding tert-OH is 2. The average molecular weight is 337 g/mol. The monoisotopic (exact) mass is 337 g/mol. The van der Waals surface area contributed by atoms with Crippen LogP contribution in [0.1, 0.15) is 0 Å². The molecule has 0 amide bonds. The summed E-state index contributed by atoms with van der Waals surface area (Å²) in [5.41, 5.74) is 0.862. The van der Waals surface area contributed by atoms with Crippen molar-refractivity contribution in [3.8, 4) is 0 Å². The van der Waals surface area contributed by atoms with Crippen LogP contribution in [0.2, 0.25) is 0 Å². The smallest absolute Gasteiger partial charge is 0.117 e. The number of aliphatic hydroxyl groups is 2. The van der Waals surface area contributed by atoms with Crippen LogP contribution in [-0.2, 0) is 0 Å². The Morgan fingerprint density at radius 1 is 0.625 bits per heavy atom. The molecule has 3 aromatic rings. The molecule has 2 N–H and O–H groups in total. The first-order valence-electron chi connectivity index (χ1n) is 7.81. The molecule has 0 heterocycles. The van der Waals surface area contributed by atoms with E-state index in [2.05, 4.69) is 30.3 Å². The highest BCUT2D eigenvalue weighted by molar-refractivity contribution is 7.80. The van der Waals surface area contributed by atoms with E-state index in [1.54, 1.807) is 4.90 Å². The van der Waals surface area contributed by atoms with Crippen LogP contribution >= 0.6 is 7.92 Å². The Bertz CT molecular complexity index is 721. The molecule has 24 heavy (non-hydrogen) atoms. The van der Waals surface area contributed by atoms with E-state index < -0.39 is 7.92 Å². The SMILES string of the molecule is OCN(CO)c1ccccc1P(c1ccccc1)c1ccccc1. The van der Waals surface area contributed by atoms with Gasteiger partial charge in [0.05, 0.1) is 0 Å². The second-order valence-corrected chi connectivity index (χ2v) is 7.50. The van der Waals surface area contributed by atoms with E-state index in [1.165, 1.54) is 10.6 Å². The Hall–Kier alpha value is -2.19. The summed E-state index contributed by atoms with van der Waals surface area (Å²) in [5.74, 6) is 0. The molecule has 3 nitrogen and oxygen atoms in total. The molecule has 3 rings (SSSR count). The molecule has 0 saturated heterocycles. The van der Waals surface area contributed by atoms with Crippen molar-refractivity contribution in [2.24, 2.45) is 0 Å². The number of hydrogen-bond donors (Lipinski definition) is 2. The molecule has 0 bridgehead atoms. The lowest BCUT2D eigenvalue weighted by molar-refractivity contribution is 0.223. The highest BCUT2D eigenvalue weighted by atomic mass is 31.1. The number of benzene rings is 3. The maximum Gasteiger partial charge on any atom is 0.117 e. The van der Waals surface area contributed by atoms with E-state index >= 15 is 0 Å². The number of rotatable bonds is 6. The summed E-state index contributed by atoms with van der Waals surface area (Å²) in [4.78, 5) is 1.57. The zero-order valence-electron chi connectivity index (χ0n) is 13.3. The lowest BCUT2D eigenvalue weighted by Gasteiger charge is -2.27. The Balaban J connectivity index is 2.17. The van der Waals surface area contributed by atoms with Crippen molar-refractivity contribution < 1.29 is 10.2 Å². The Labute approximate surface area is 143 Å². The molecule has 0 saturated carbocycles. The molecule has 0 radical (unpaired) electrons. The average Bonchev–Trinajstić information content (AvgIpc) is 2.66. The van der Waals surface area contributed by atoms with Crippen LogP contribution in [-0.4, -0.2) is 23.7 Å². The first-order valence-corrected chi connectivity index (χ1v) is 9.15. The molecule has 122 valence electrons. The Morgan fingerprint density at radius 2 is 1.08 bits per heavy atom. The van der Waals surface area contributed by atoms with E-state index in [1.807, 2.05) is 54.6 Å². The van der Waals surface area contributed by atoms with Crippen molar-refractivity contribution in [1.82, 2.24) is 0 Å². The van der Waals surface area contributed by atoms with Crippen LogP contribution in [0.15, 0.2) is 84.9 Å². The molecular formula is C20H20NO2P. The minimum Gasteiger partial charge on any atom is -0.376 e. The molecule has 0 aromatic heterocycles. The summed E-state index contributed by atoms with van der Waals surface area (Å²) < 4.78 is 0. The summed E-state index contributed by atoms with van der Waals surface area (Å²) >= 11 is 0. The van der Waals surface area contributed by atoms with Crippen LogP contribution in [0.25, 0.3) is 0 Å². The fraction of sp³-hybridized carbons (Fsp3) is 0.100. The van der Waals surface area contributed by atoms with Gasteiger partial charge in [0.1, 0.15) is 13.5 Å². The minimum atomic E-state index is -0.775. The fourth-order valence-electron chi connectivity index (χ4n) is 2.70. The summed E-state index contributed by atoms with van der Waals surface area (Å²) in [6, 6.07) is 28.7. The predicted octanol–water partition coefficient (Wildman–Crippen LogP) is 2.15. The van der Waals surface area contributed by atoms with E-state index in [0.717, 1.165) is 11.0 Å². The quantitative estimate of drug-likeness (QED) is 0.535. The second kappa shape index (κ2) is 8.07. The predicted molar refractivity (Wildman–Crippen MR) is 102 cm³/mol. The van der Waals surface area contributed by atoms with Crippen LogP contribution in [0.5, 0.6) is 0 Å². The van der Waals surface area contributed by atoms with Gasteiger partial charge < -0.3 is 15.1 Å². The second-order valence-electron chi connectivity index (χ2n) is 5.32. The van der Waals surface area contributed by atoms with Crippen molar-refractivity contribution in [2.75, 3.05) is 18.4 Å². The summed E-state index contributed by atoms with van der Waals surface area (Å²) in [6.45, 7) is -0.444. The summed E-state index contributed by atoms with van der Waals surface area (Å²) in [6.07, 6.45) is 0. The van der Waals surface area contributed by atoms with Crippen molar-refractivity contribution in [3.63, 3.8) is 0 Å². The molecule has 0 atom stereocenters. The molecule has 0 fully saturated rings.